The Morgan fingerprint density at radius 2 is 2.20 bits per heavy atom. The van der Waals surface area contributed by atoms with Gasteiger partial charge < -0.3 is 9.84 Å². The van der Waals surface area contributed by atoms with Gasteiger partial charge >= 0.3 is 5.97 Å². The Labute approximate surface area is 125 Å². The first-order valence-corrected chi connectivity index (χ1v) is 7.02. The molecule has 0 spiro atoms. The third kappa shape index (κ3) is 3.14. The van der Waals surface area contributed by atoms with Gasteiger partial charge in [-0.3, -0.25) is 10.1 Å². The molecule has 1 aromatic carbocycles. The van der Waals surface area contributed by atoms with E-state index in [1.54, 1.807) is 17.5 Å². The van der Waals surface area contributed by atoms with E-state index >= 15 is 0 Å². The molecule has 0 bridgehead atoms. The Kier molecular flexibility index (Phi) is 4.35. The van der Waals surface area contributed by atoms with Crippen molar-refractivity contribution in [1.82, 2.24) is 0 Å². The van der Waals surface area contributed by atoms with Crippen molar-refractivity contribution < 1.29 is 19.6 Å². The first-order chi connectivity index (χ1) is 9.49. The van der Waals surface area contributed by atoms with Crippen LogP contribution in [0, 0.1) is 10.1 Å². The summed E-state index contributed by atoms with van der Waals surface area (Å²) in [5, 5.41) is 21.2. The topological polar surface area (TPSA) is 89.7 Å². The van der Waals surface area contributed by atoms with Crippen LogP contribution < -0.4 is 4.74 Å². The lowest BCUT2D eigenvalue weighted by Gasteiger charge is -2.07. The quantitative estimate of drug-likeness (QED) is 0.650. The average Bonchev–Trinajstić information content (AvgIpc) is 2.85. The maximum absolute atomic E-state index is 10.9. The predicted molar refractivity (Wildman–Crippen MR) is 76.4 cm³/mol. The van der Waals surface area contributed by atoms with Gasteiger partial charge in [-0.1, -0.05) is 15.9 Å². The number of hydrogen-bond donors (Lipinski definition) is 1. The minimum atomic E-state index is -1.04. The van der Waals surface area contributed by atoms with Crippen LogP contribution in [-0.4, -0.2) is 16.0 Å². The van der Waals surface area contributed by atoms with Crippen molar-refractivity contribution in [3.63, 3.8) is 0 Å². The molecule has 0 radical (unpaired) electrons. The molecule has 1 N–H and O–H groups in total. The van der Waals surface area contributed by atoms with E-state index in [2.05, 4.69) is 15.9 Å². The molecule has 0 aliphatic heterocycles. The lowest BCUT2D eigenvalue weighted by Crippen LogP contribution is -2.01. The van der Waals surface area contributed by atoms with Crippen LogP contribution in [0.1, 0.15) is 15.2 Å². The molecule has 1 heterocycles. The van der Waals surface area contributed by atoms with Gasteiger partial charge in [-0.05, 0) is 17.5 Å². The van der Waals surface area contributed by atoms with Gasteiger partial charge in [0.25, 0.3) is 5.69 Å². The Hall–Kier alpha value is -1.93. The molecule has 0 saturated carbocycles. The standard InChI is InChI=1S/C12H8BrNO5S/c13-9-5-8(14(17)18)2-1-7(9)6-19-10-3-4-20-11(10)12(15)16/h1-5H,6H2,(H,15,16). The van der Waals surface area contributed by atoms with Crippen LogP contribution in [0.2, 0.25) is 0 Å². The minimum absolute atomic E-state index is 0.0256. The van der Waals surface area contributed by atoms with Gasteiger partial charge in [0.15, 0.2) is 4.88 Å². The highest BCUT2D eigenvalue weighted by atomic mass is 79.9. The average molecular weight is 358 g/mol. The van der Waals surface area contributed by atoms with Crippen molar-refractivity contribution in [2.24, 2.45) is 0 Å². The normalized spacial score (nSPS) is 10.2. The summed E-state index contributed by atoms with van der Waals surface area (Å²) in [4.78, 5) is 21.2. The summed E-state index contributed by atoms with van der Waals surface area (Å²) >= 11 is 4.31. The molecule has 1 aromatic heterocycles. The number of nitro groups is 1. The Morgan fingerprint density at radius 1 is 1.45 bits per heavy atom. The number of ether oxygens (including phenoxy) is 1. The molecule has 0 aliphatic rings. The molecule has 0 amide bonds. The highest BCUT2D eigenvalue weighted by molar-refractivity contribution is 9.10. The van der Waals surface area contributed by atoms with E-state index in [0.717, 1.165) is 11.3 Å². The van der Waals surface area contributed by atoms with Crippen LogP contribution in [0.3, 0.4) is 0 Å². The number of halogens is 1. The molecule has 104 valence electrons. The fourth-order valence-corrected chi connectivity index (χ4v) is 2.64. The maximum Gasteiger partial charge on any atom is 0.349 e. The Morgan fingerprint density at radius 3 is 2.80 bits per heavy atom. The van der Waals surface area contributed by atoms with Crippen LogP contribution in [0.5, 0.6) is 5.75 Å². The van der Waals surface area contributed by atoms with Crippen LogP contribution in [-0.2, 0) is 6.61 Å². The molecular weight excluding hydrogens is 350 g/mol. The Bertz CT molecular complexity index is 670. The van der Waals surface area contributed by atoms with Crippen LogP contribution in [0.25, 0.3) is 0 Å². The van der Waals surface area contributed by atoms with E-state index in [9.17, 15) is 14.9 Å². The first kappa shape index (κ1) is 14.5. The second kappa shape index (κ2) is 6.02. The summed E-state index contributed by atoms with van der Waals surface area (Å²) in [5.74, 6) is -0.759. The van der Waals surface area contributed by atoms with Gasteiger partial charge in [0.05, 0.1) is 4.92 Å². The van der Waals surface area contributed by atoms with Crippen LogP contribution >= 0.6 is 27.3 Å². The van der Waals surface area contributed by atoms with E-state index in [0.29, 0.717) is 10.0 Å². The number of hydrogen-bond acceptors (Lipinski definition) is 5. The molecule has 0 unspecified atom stereocenters. The summed E-state index contributed by atoms with van der Waals surface area (Å²) in [5.41, 5.74) is 0.667. The number of thiophene rings is 1. The summed E-state index contributed by atoms with van der Waals surface area (Å²) in [6.07, 6.45) is 0. The number of rotatable bonds is 5. The monoisotopic (exact) mass is 357 g/mol. The molecule has 0 fully saturated rings. The van der Waals surface area contributed by atoms with Crippen LogP contribution in [0.15, 0.2) is 34.1 Å². The first-order valence-electron chi connectivity index (χ1n) is 5.35. The molecule has 20 heavy (non-hydrogen) atoms. The highest BCUT2D eigenvalue weighted by Gasteiger charge is 2.14. The molecule has 0 atom stereocenters. The number of non-ortho nitro benzene ring substituents is 1. The van der Waals surface area contributed by atoms with E-state index in [-0.39, 0.29) is 22.9 Å². The van der Waals surface area contributed by atoms with Crippen molar-refractivity contribution in [3.05, 3.63) is 54.7 Å². The molecule has 0 aliphatic carbocycles. The molecular formula is C12H8BrNO5S. The molecule has 0 saturated heterocycles. The zero-order valence-electron chi connectivity index (χ0n) is 9.91. The smallest absolute Gasteiger partial charge is 0.349 e. The largest absolute Gasteiger partial charge is 0.487 e. The summed E-state index contributed by atoms with van der Waals surface area (Å²) in [7, 11) is 0. The van der Waals surface area contributed by atoms with Crippen molar-refractivity contribution >= 4 is 38.9 Å². The maximum atomic E-state index is 10.9. The second-order valence-corrected chi connectivity index (χ2v) is 5.51. The van der Waals surface area contributed by atoms with E-state index < -0.39 is 10.9 Å². The van der Waals surface area contributed by atoms with Crippen molar-refractivity contribution in [2.45, 2.75) is 6.61 Å². The fraction of sp³-hybridized carbons (Fsp3) is 0.0833. The molecule has 2 aromatic rings. The molecule has 6 nitrogen and oxygen atoms in total. The minimum Gasteiger partial charge on any atom is -0.487 e. The number of aromatic carboxylic acids is 1. The van der Waals surface area contributed by atoms with Gasteiger partial charge in [-0.15, -0.1) is 11.3 Å². The number of carboxylic acid groups (broad SMARTS) is 1. The third-order valence-electron chi connectivity index (χ3n) is 2.45. The van der Waals surface area contributed by atoms with Crippen molar-refractivity contribution in [1.29, 1.82) is 0 Å². The zero-order valence-corrected chi connectivity index (χ0v) is 12.3. The van der Waals surface area contributed by atoms with Crippen molar-refractivity contribution in [2.75, 3.05) is 0 Å². The van der Waals surface area contributed by atoms with Gasteiger partial charge in [0.2, 0.25) is 0 Å². The summed E-state index contributed by atoms with van der Waals surface area (Å²) < 4.78 is 5.98. The number of carbonyl (C=O) groups is 1. The van der Waals surface area contributed by atoms with E-state index in [1.807, 2.05) is 0 Å². The van der Waals surface area contributed by atoms with E-state index in [4.69, 9.17) is 9.84 Å². The van der Waals surface area contributed by atoms with Gasteiger partial charge in [0.1, 0.15) is 12.4 Å². The van der Waals surface area contributed by atoms with E-state index in [1.165, 1.54) is 12.1 Å². The number of nitrogens with zero attached hydrogens (tertiary/aromatic N) is 1. The summed E-state index contributed by atoms with van der Waals surface area (Å²) in [6.45, 7) is 0.121. The predicted octanol–water partition coefficient (Wildman–Crippen LogP) is 3.70. The SMILES string of the molecule is O=C(O)c1sccc1OCc1ccc([N+](=O)[O-])cc1Br. The second-order valence-electron chi connectivity index (χ2n) is 3.74. The fourth-order valence-electron chi connectivity index (χ4n) is 1.49. The zero-order chi connectivity index (χ0) is 14.7. The Balaban J connectivity index is 2.13. The van der Waals surface area contributed by atoms with Gasteiger partial charge in [-0.2, -0.15) is 0 Å². The van der Waals surface area contributed by atoms with Crippen molar-refractivity contribution in [3.8, 4) is 5.75 Å². The number of benzene rings is 1. The lowest BCUT2D eigenvalue weighted by molar-refractivity contribution is -0.384. The molecule has 2 rings (SSSR count). The number of carboxylic acids is 1. The number of nitro benzene ring substituents is 1. The summed E-state index contributed by atoms with van der Waals surface area (Å²) in [6, 6.07) is 5.89. The lowest BCUT2D eigenvalue weighted by atomic mass is 10.2. The molecule has 8 heteroatoms. The third-order valence-corrected chi connectivity index (χ3v) is 4.08. The van der Waals surface area contributed by atoms with Crippen LogP contribution in [0.4, 0.5) is 5.69 Å². The van der Waals surface area contributed by atoms with Gasteiger partial charge in [-0.25, -0.2) is 4.79 Å². The van der Waals surface area contributed by atoms with Gasteiger partial charge in [0, 0.05) is 22.2 Å². The highest BCUT2D eigenvalue weighted by Crippen LogP contribution is 2.28.